The number of rotatable bonds is 4. The summed E-state index contributed by atoms with van der Waals surface area (Å²) in [6.45, 7) is 10.8. The summed E-state index contributed by atoms with van der Waals surface area (Å²) in [7, 11) is 3.40. The third kappa shape index (κ3) is 3.94. The number of hydrogen-bond acceptors (Lipinski definition) is 4. The van der Waals surface area contributed by atoms with Gasteiger partial charge in [-0.3, -0.25) is 14.6 Å². The Morgan fingerprint density at radius 3 is 2.56 bits per heavy atom. The second kappa shape index (κ2) is 7.02. The number of aryl methyl sites for hydroxylation is 1. The zero-order chi connectivity index (χ0) is 18.9. The molecule has 6 heteroatoms. The largest absolute Gasteiger partial charge is 0.496 e. The molecule has 1 unspecified atom stereocenters. The molecule has 6 nitrogen and oxygen atoms in total. The number of pyridine rings is 1. The van der Waals surface area contributed by atoms with E-state index in [1.807, 2.05) is 34.6 Å². The molecule has 1 fully saturated rings. The highest BCUT2D eigenvalue weighted by molar-refractivity contribution is 5.89. The van der Waals surface area contributed by atoms with Gasteiger partial charge in [-0.15, -0.1) is 0 Å². The quantitative estimate of drug-likeness (QED) is 0.838. The van der Waals surface area contributed by atoms with Crippen LogP contribution in [0.1, 0.15) is 44.0 Å². The first kappa shape index (κ1) is 19.2. The van der Waals surface area contributed by atoms with Crippen LogP contribution in [0.2, 0.25) is 0 Å². The number of aromatic nitrogens is 1. The van der Waals surface area contributed by atoms with Gasteiger partial charge in [-0.25, -0.2) is 0 Å². The summed E-state index contributed by atoms with van der Waals surface area (Å²) in [5, 5.41) is 0. The molecule has 1 atom stereocenters. The summed E-state index contributed by atoms with van der Waals surface area (Å²) < 4.78 is 5.43. The van der Waals surface area contributed by atoms with Crippen LogP contribution in [0, 0.1) is 19.8 Å². The van der Waals surface area contributed by atoms with E-state index >= 15 is 0 Å². The lowest BCUT2D eigenvalue weighted by atomic mass is 10.1. The second-order valence-corrected chi connectivity index (χ2v) is 7.82. The van der Waals surface area contributed by atoms with Gasteiger partial charge in [0.05, 0.1) is 25.3 Å². The maximum Gasteiger partial charge on any atom is 0.228 e. The average Bonchev–Trinajstić information content (AvgIpc) is 2.92. The van der Waals surface area contributed by atoms with Crippen molar-refractivity contribution in [3.63, 3.8) is 0 Å². The fourth-order valence-corrected chi connectivity index (χ4v) is 3.37. The van der Waals surface area contributed by atoms with Gasteiger partial charge in [0.15, 0.2) is 0 Å². The van der Waals surface area contributed by atoms with E-state index in [0.717, 1.165) is 22.6 Å². The van der Waals surface area contributed by atoms with Crippen molar-refractivity contribution in [2.45, 2.75) is 53.1 Å². The number of ether oxygens (including phenoxy) is 1. The van der Waals surface area contributed by atoms with Gasteiger partial charge in [-0.05, 0) is 34.6 Å². The first-order valence-electron chi connectivity index (χ1n) is 8.60. The summed E-state index contributed by atoms with van der Waals surface area (Å²) in [5.41, 5.74) is 2.48. The zero-order valence-electron chi connectivity index (χ0n) is 16.3. The Morgan fingerprint density at radius 2 is 2.04 bits per heavy atom. The van der Waals surface area contributed by atoms with Crippen molar-refractivity contribution in [2.24, 2.45) is 5.92 Å². The van der Waals surface area contributed by atoms with E-state index in [2.05, 4.69) is 4.98 Å². The van der Waals surface area contributed by atoms with Crippen LogP contribution in [-0.2, 0) is 16.1 Å². The highest BCUT2D eigenvalue weighted by Crippen LogP contribution is 2.28. The van der Waals surface area contributed by atoms with Crippen LogP contribution in [-0.4, -0.2) is 52.8 Å². The molecule has 0 bridgehead atoms. The molecule has 2 heterocycles. The molecule has 0 N–H and O–H groups in total. The fraction of sp³-hybridized carbons (Fsp3) is 0.632. The number of hydrogen-bond donors (Lipinski definition) is 0. The predicted molar refractivity (Wildman–Crippen MR) is 96.3 cm³/mol. The minimum Gasteiger partial charge on any atom is -0.496 e. The maximum atomic E-state index is 12.8. The average molecular weight is 347 g/mol. The van der Waals surface area contributed by atoms with Crippen LogP contribution in [0.5, 0.6) is 5.75 Å². The number of carbonyl (C=O) groups is 2. The second-order valence-electron chi connectivity index (χ2n) is 7.82. The van der Waals surface area contributed by atoms with Crippen molar-refractivity contribution >= 4 is 11.8 Å². The van der Waals surface area contributed by atoms with Gasteiger partial charge in [-0.2, -0.15) is 0 Å². The number of likely N-dealkylation sites (tertiary alicyclic amines) is 1. The summed E-state index contributed by atoms with van der Waals surface area (Å²) in [6.07, 6.45) is 2.05. The number of amides is 2. The molecule has 1 aromatic rings. The molecule has 0 aromatic carbocycles. The maximum absolute atomic E-state index is 12.8. The molecule has 2 amide bonds. The summed E-state index contributed by atoms with van der Waals surface area (Å²) in [6, 6.07) is 0. The highest BCUT2D eigenvalue weighted by atomic mass is 16.5. The Balaban J connectivity index is 2.11. The van der Waals surface area contributed by atoms with Gasteiger partial charge < -0.3 is 14.5 Å². The number of carbonyl (C=O) groups excluding carboxylic acids is 2. The van der Waals surface area contributed by atoms with Crippen LogP contribution in [0.15, 0.2) is 6.20 Å². The molecular weight excluding hydrogens is 318 g/mol. The normalized spacial score (nSPS) is 17.8. The van der Waals surface area contributed by atoms with Crippen molar-refractivity contribution in [3.8, 4) is 5.75 Å². The van der Waals surface area contributed by atoms with Gasteiger partial charge in [0.2, 0.25) is 11.8 Å². The van der Waals surface area contributed by atoms with Crippen LogP contribution >= 0.6 is 0 Å². The Hall–Kier alpha value is -2.11. The molecule has 1 aliphatic heterocycles. The van der Waals surface area contributed by atoms with Crippen LogP contribution in [0.3, 0.4) is 0 Å². The topological polar surface area (TPSA) is 62.7 Å². The lowest BCUT2D eigenvalue weighted by molar-refractivity contribution is -0.135. The molecule has 138 valence electrons. The molecule has 1 saturated heterocycles. The monoisotopic (exact) mass is 347 g/mol. The molecule has 0 spiro atoms. The van der Waals surface area contributed by atoms with Gasteiger partial charge in [-0.1, -0.05) is 0 Å². The summed E-state index contributed by atoms with van der Waals surface area (Å²) >= 11 is 0. The van der Waals surface area contributed by atoms with Crippen LogP contribution < -0.4 is 4.74 Å². The van der Waals surface area contributed by atoms with E-state index in [9.17, 15) is 9.59 Å². The van der Waals surface area contributed by atoms with Crippen LogP contribution in [0.25, 0.3) is 0 Å². The van der Waals surface area contributed by atoms with Gasteiger partial charge >= 0.3 is 0 Å². The van der Waals surface area contributed by atoms with E-state index in [1.54, 1.807) is 30.2 Å². The molecule has 25 heavy (non-hydrogen) atoms. The van der Waals surface area contributed by atoms with Crippen molar-refractivity contribution in [1.82, 2.24) is 14.8 Å². The van der Waals surface area contributed by atoms with Gasteiger partial charge in [0, 0.05) is 42.9 Å². The highest BCUT2D eigenvalue weighted by Gasteiger charge is 2.40. The summed E-state index contributed by atoms with van der Waals surface area (Å²) in [4.78, 5) is 32.9. The smallest absolute Gasteiger partial charge is 0.228 e. The first-order valence-corrected chi connectivity index (χ1v) is 8.60. The lowest BCUT2D eigenvalue weighted by Crippen LogP contribution is -2.43. The minimum absolute atomic E-state index is 0.0131. The van der Waals surface area contributed by atoms with Crippen molar-refractivity contribution < 1.29 is 14.3 Å². The van der Waals surface area contributed by atoms with Crippen LogP contribution in [0.4, 0.5) is 0 Å². The predicted octanol–water partition coefficient (Wildman–Crippen LogP) is 2.31. The minimum atomic E-state index is -0.288. The van der Waals surface area contributed by atoms with E-state index in [1.165, 1.54) is 0 Å². The van der Waals surface area contributed by atoms with Crippen molar-refractivity contribution in [1.29, 1.82) is 0 Å². The Bertz CT molecular complexity index is 679. The molecule has 0 saturated carbocycles. The van der Waals surface area contributed by atoms with E-state index < -0.39 is 0 Å². The number of nitrogens with zero attached hydrogens (tertiary/aromatic N) is 3. The molecule has 1 aliphatic rings. The Kier molecular flexibility index (Phi) is 5.40. The first-order chi connectivity index (χ1) is 11.6. The Labute approximate surface area is 150 Å². The van der Waals surface area contributed by atoms with E-state index in [-0.39, 0.29) is 29.7 Å². The van der Waals surface area contributed by atoms with Crippen molar-refractivity contribution in [2.75, 3.05) is 20.7 Å². The van der Waals surface area contributed by atoms with E-state index in [4.69, 9.17) is 4.74 Å². The van der Waals surface area contributed by atoms with E-state index in [0.29, 0.717) is 13.1 Å². The molecule has 0 radical (unpaired) electrons. The zero-order valence-corrected chi connectivity index (χ0v) is 16.3. The summed E-state index contributed by atoms with van der Waals surface area (Å²) in [5.74, 6) is 0.552. The lowest BCUT2D eigenvalue weighted by Gasteiger charge is -2.32. The Morgan fingerprint density at radius 1 is 1.40 bits per heavy atom. The molecule has 0 aliphatic carbocycles. The third-order valence-electron chi connectivity index (χ3n) is 4.80. The molecule has 2 rings (SSSR count). The van der Waals surface area contributed by atoms with Gasteiger partial charge in [0.25, 0.3) is 0 Å². The third-order valence-corrected chi connectivity index (χ3v) is 4.80. The standard InChI is InChI=1S/C19H29N3O3/c1-12-9-20-15(13(2)17(12)25-7)11-21(6)18(24)14-8-16(23)22(10-14)19(3,4)5/h9,14H,8,10-11H2,1-7H3. The molecule has 1 aromatic heterocycles. The van der Waals surface area contributed by atoms with Gasteiger partial charge in [0.1, 0.15) is 5.75 Å². The number of methoxy groups -OCH3 is 1. The SMILES string of the molecule is COc1c(C)cnc(CN(C)C(=O)C2CC(=O)N(C(C)(C)C)C2)c1C. The van der Waals surface area contributed by atoms with Crippen molar-refractivity contribution in [3.05, 3.63) is 23.0 Å². The molecular formula is C19H29N3O3. The fourth-order valence-electron chi connectivity index (χ4n) is 3.37.